The number of hydrogen-bond donors (Lipinski definition) is 1. The first-order valence-electron chi connectivity index (χ1n) is 7.48. The number of halogens is 1. The largest absolute Gasteiger partial charge is 0.467 e. The zero-order valence-electron chi connectivity index (χ0n) is 14.1. The zero-order valence-corrected chi connectivity index (χ0v) is 15.7. The molecule has 9 heteroatoms. The number of methoxy groups -OCH3 is 1. The maximum Gasteiger partial charge on any atom is 0.336 e. The van der Waals surface area contributed by atoms with Crippen molar-refractivity contribution >= 4 is 33.3 Å². The molecule has 0 aliphatic carbocycles. The molecule has 0 aromatic heterocycles. The highest BCUT2D eigenvalue weighted by molar-refractivity contribution is 7.92. The van der Waals surface area contributed by atoms with E-state index in [-0.39, 0.29) is 5.69 Å². The highest BCUT2D eigenvalue weighted by atomic mass is 35.5. The molecule has 0 aliphatic rings. The molecule has 0 bridgehead atoms. The quantitative estimate of drug-likeness (QED) is 0.719. The molecule has 0 saturated carbocycles. The van der Waals surface area contributed by atoms with Gasteiger partial charge in [-0.15, -0.1) is 0 Å². The molecule has 0 heterocycles. The summed E-state index contributed by atoms with van der Waals surface area (Å²) in [5, 5.41) is 10.4. The van der Waals surface area contributed by atoms with Crippen molar-refractivity contribution in [2.45, 2.75) is 6.10 Å². The van der Waals surface area contributed by atoms with E-state index in [9.17, 15) is 18.3 Å². The van der Waals surface area contributed by atoms with Crippen LogP contribution in [0, 0.1) is 0 Å². The van der Waals surface area contributed by atoms with Gasteiger partial charge in [0.05, 0.1) is 25.6 Å². The van der Waals surface area contributed by atoms with Gasteiger partial charge in [0.1, 0.15) is 11.5 Å². The van der Waals surface area contributed by atoms with E-state index in [0.717, 1.165) is 17.7 Å². The molecule has 7 nitrogen and oxygen atoms in total. The number of esters is 1. The van der Waals surface area contributed by atoms with Gasteiger partial charge in [0.25, 0.3) is 0 Å². The van der Waals surface area contributed by atoms with E-state index in [1.807, 2.05) is 0 Å². The second kappa shape index (κ2) is 8.39. The van der Waals surface area contributed by atoms with E-state index in [2.05, 4.69) is 4.74 Å². The predicted octanol–water partition coefficient (Wildman–Crippen LogP) is 2.43. The van der Waals surface area contributed by atoms with E-state index >= 15 is 0 Å². The number of carbonyl (C=O) groups excluding carboxylic acids is 1. The minimum absolute atomic E-state index is 0.277. The second-order valence-corrected chi connectivity index (χ2v) is 7.73. The van der Waals surface area contributed by atoms with Gasteiger partial charge in [-0.2, -0.15) is 0 Å². The first-order valence-corrected chi connectivity index (χ1v) is 9.70. The Bertz CT molecular complexity index is 852. The van der Waals surface area contributed by atoms with Crippen molar-refractivity contribution in [3.8, 4) is 11.5 Å². The van der Waals surface area contributed by atoms with Crippen molar-refractivity contribution in [3.63, 3.8) is 0 Å². The molecule has 0 spiro atoms. The maximum atomic E-state index is 12.0. The Kier molecular flexibility index (Phi) is 6.47. The summed E-state index contributed by atoms with van der Waals surface area (Å²) in [6.45, 7) is -0.455. The molecule has 2 aromatic carbocycles. The fourth-order valence-electron chi connectivity index (χ4n) is 2.12. The molecule has 0 radical (unpaired) electrons. The highest BCUT2D eigenvalue weighted by Crippen LogP contribution is 2.26. The topological polar surface area (TPSA) is 93.1 Å². The van der Waals surface area contributed by atoms with E-state index < -0.39 is 28.6 Å². The summed E-state index contributed by atoms with van der Waals surface area (Å²) in [6.07, 6.45) is -0.616. The van der Waals surface area contributed by atoms with Crippen molar-refractivity contribution in [2.75, 3.05) is 24.2 Å². The molecule has 1 atom stereocenters. The number of rotatable bonds is 7. The summed E-state index contributed by atoms with van der Waals surface area (Å²) < 4.78 is 35.0. The fourth-order valence-corrected chi connectivity index (χ4v) is 3.16. The van der Waals surface area contributed by atoms with Crippen LogP contribution in [0.5, 0.6) is 11.5 Å². The highest BCUT2D eigenvalue weighted by Gasteiger charge is 2.25. The Hall–Kier alpha value is -2.29. The third kappa shape index (κ3) is 5.35. The van der Waals surface area contributed by atoms with Crippen LogP contribution in [0.25, 0.3) is 0 Å². The van der Waals surface area contributed by atoms with Gasteiger partial charge in [-0.05, 0) is 48.5 Å². The summed E-state index contributed by atoms with van der Waals surface area (Å²) in [5.74, 6) is 0.141. The van der Waals surface area contributed by atoms with Crippen LogP contribution in [0.15, 0.2) is 48.5 Å². The van der Waals surface area contributed by atoms with Gasteiger partial charge in [-0.25, -0.2) is 13.2 Å². The number of hydrogen-bond acceptors (Lipinski definition) is 6. The molecule has 26 heavy (non-hydrogen) atoms. The molecular weight excluding hydrogens is 382 g/mol. The summed E-state index contributed by atoms with van der Waals surface area (Å²) >= 11 is 5.82. The van der Waals surface area contributed by atoms with Crippen LogP contribution < -0.4 is 9.04 Å². The Balaban J connectivity index is 2.19. The average Bonchev–Trinajstić information content (AvgIpc) is 2.60. The van der Waals surface area contributed by atoms with Gasteiger partial charge < -0.3 is 14.6 Å². The van der Waals surface area contributed by atoms with Crippen molar-refractivity contribution in [3.05, 3.63) is 53.6 Å². The Labute approximate surface area is 156 Å². The molecule has 0 saturated heterocycles. The summed E-state index contributed by atoms with van der Waals surface area (Å²) in [5.41, 5.74) is 0.277. The Morgan fingerprint density at radius 1 is 1.12 bits per heavy atom. The fraction of sp³-hybridized carbons (Fsp3) is 0.235. The van der Waals surface area contributed by atoms with Crippen molar-refractivity contribution in [2.24, 2.45) is 0 Å². The van der Waals surface area contributed by atoms with Crippen LogP contribution in [0.1, 0.15) is 0 Å². The molecular formula is C17H18ClNO6S. The first-order chi connectivity index (χ1) is 12.2. The van der Waals surface area contributed by atoms with Crippen molar-refractivity contribution in [1.82, 2.24) is 0 Å². The van der Waals surface area contributed by atoms with E-state index in [4.69, 9.17) is 16.3 Å². The average molecular weight is 400 g/mol. The van der Waals surface area contributed by atoms with Crippen molar-refractivity contribution in [1.29, 1.82) is 0 Å². The lowest BCUT2D eigenvalue weighted by Crippen LogP contribution is -2.40. The van der Waals surface area contributed by atoms with Gasteiger partial charge in [0.15, 0.2) is 6.10 Å². The van der Waals surface area contributed by atoms with Crippen LogP contribution in [0.4, 0.5) is 5.69 Å². The number of aliphatic hydroxyl groups is 1. The van der Waals surface area contributed by atoms with Gasteiger partial charge in [0.2, 0.25) is 10.0 Å². The van der Waals surface area contributed by atoms with Gasteiger partial charge in [-0.1, -0.05) is 11.6 Å². The van der Waals surface area contributed by atoms with E-state index in [1.54, 1.807) is 36.4 Å². The lowest BCUT2D eigenvalue weighted by atomic mass is 10.2. The molecule has 0 fully saturated rings. The van der Waals surface area contributed by atoms with Crippen LogP contribution >= 0.6 is 11.6 Å². The molecule has 140 valence electrons. The maximum absolute atomic E-state index is 12.0. The Morgan fingerprint density at radius 3 is 2.08 bits per heavy atom. The molecule has 1 N–H and O–H groups in total. The molecule has 2 rings (SSSR count). The van der Waals surface area contributed by atoms with Crippen LogP contribution in [-0.4, -0.2) is 45.5 Å². The van der Waals surface area contributed by atoms with Gasteiger partial charge >= 0.3 is 5.97 Å². The monoisotopic (exact) mass is 399 g/mol. The number of aliphatic hydroxyl groups excluding tert-OH is 1. The summed E-state index contributed by atoms with van der Waals surface area (Å²) in [6, 6.07) is 12.9. The summed E-state index contributed by atoms with van der Waals surface area (Å²) in [4.78, 5) is 11.4. The number of carbonyl (C=O) groups is 1. The standard InChI is InChI=1S/C17H18ClNO6S/c1-24-17(21)16(20)11-19(26(2,22)23)13-5-9-15(10-6-13)25-14-7-3-12(18)4-8-14/h3-10,16,20H,11H2,1-2H3/t16-/m0/s1. The molecule has 0 unspecified atom stereocenters. The lowest BCUT2D eigenvalue weighted by molar-refractivity contribution is -0.149. The van der Waals surface area contributed by atoms with Crippen LogP contribution in [0.2, 0.25) is 5.02 Å². The van der Waals surface area contributed by atoms with Gasteiger partial charge in [-0.3, -0.25) is 4.31 Å². The smallest absolute Gasteiger partial charge is 0.336 e. The second-order valence-electron chi connectivity index (χ2n) is 5.38. The van der Waals surface area contributed by atoms with Crippen molar-refractivity contribution < 1.29 is 27.8 Å². The number of anilines is 1. The third-order valence-electron chi connectivity index (χ3n) is 3.39. The van der Waals surface area contributed by atoms with Gasteiger partial charge in [0, 0.05) is 5.02 Å². The minimum Gasteiger partial charge on any atom is -0.467 e. The number of benzene rings is 2. The zero-order chi connectivity index (χ0) is 19.3. The molecule has 0 amide bonds. The normalized spacial score (nSPS) is 12.3. The number of sulfonamides is 1. The lowest BCUT2D eigenvalue weighted by Gasteiger charge is -2.24. The summed E-state index contributed by atoms with van der Waals surface area (Å²) in [7, 11) is -2.61. The molecule has 0 aliphatic heterocycles. The van der Waals surface area contributed by atoms with E-state index in [0.29, 0.717) is 16.5 Å². The van der Waals surface area contributed by atoms with Crippen LogP contribution in [0.3, 0.4) is 0 Å². The Morgan fingerprint density at radius 2 is 1.62 bits per heavy atom. The van der Waals surface area contributed by atoms with Crippen LogP contribution in [-0.2, 0) is 19.6 Å². The number of nitrogens with zero attached hydrogens (tertiary/aromatic N) is 1. The molecule has 2 aromatic rings. The minimum atomic E-state index is -3.72. The first kappa shape index (κ1) is 20.0. The number of ether oxygens (including phenoxy) is 2. The third-order valence-corrected chi connectivity index (χ3v) is 4.80. The van der Waals surface area contributed by atoms with E-state index in [1.165, 1.54) is 12.1 Å². The predicted molar refractivity (Wildman–Crippen MR) is 98.2 cm³/mol. The SMILES string of the molecule is COC(=O)[C@@H](O)CN(c1ccc(Oc2ccc(Cl)cc2)cc1)S(C)(=O)=O.